The third-order valence-corrected chi connectivity index (χ3v) is 9.21. The van der Waals surface area contributed by atoms with Crippen molar-refractivity contribution in [2.24, 2.45) is 0 Å². The summed E-state index contributed by atoms with van der Waals surface area (Å²) >= 11 is 0. The lowest BCUT2D eigenvalue weighted by Crippen LogP contribution is -2.45. The van der Waals surface area contributed by atoms with Crippen LogP contribution in [0.25, 0.3) is 0 Å². The zero-order valence-corrected chi connectivity index (χ0v) is 34.2. The quantitative estimate of drug-likeness (QED) is 0.0197. The molecule has 0 spiro atoms. The van der Waals surface area contributed by atoms with E-state index in [1.54, 1.807) is 18.2 Å². The van der Waals surface area contributed by atoms with Crippen molar-refractivity contribution in [3.05, 3.63) is 72.9 Å². The Balaban J connectivity index is 4.79. The highest BCUT2D eigenvalue weighted by Crippen LogP contribution is 2.38. The number of allylic oxidation sites excluding steroid dienone is 10. The number of nitrogens with one attached hydrogen (secondary N) is 1. The molecular formula is C42H75N2O7P. The second-order valence-corrected chi connectivity index (χ2v) is 15.9. The molecule has 0 aliphatic carbocycles. The number of likely N-dealkylation sites (N-methyl/N-ethyl adjacent to an activating group) is 1. The molecule has 9 nitrogen and oxygen atoms in total. The number of carbonyl (C=O) groups excluding carboxylic acids is 1. The normalized spacial score (nSPS) is 15.9. The zero-order chi connectivity index (χ0) is 38.8. The minimum absolute atomic E-state index is 0.0448. The number of nitrogens with zero attached hydrogens (tertiary/aromatic N) is 1. The molecule has 0 saturated heterocycles. The van der Waals surface area contributed by atoms with Crippen molar-refractivity contribution in [1.82, 2.24) is 5.32 Å². The van der Waals surface area contributed by atoms with Gasteiger partial charge in [0, 0.05) is 6.42 Å². The molecule has 0 bridgehead atoms. The number of aliphatic hydroxyl groups is 2. The fourth-order valence-corrected chi connectivity index (χ4v) is 5.70. The van der Waals surface area contributed by atoms with Crippen LogP contribution >= 0.6 is 7.82 Å². The Kier molecular flexibility index (Phi) is 32.1. The van der Waals surface area contributed by atoms with Crippen molar-refractivity contribution in [1.29, 1.82) is 0 Å². The highest BCUT2D eigenvalue weighted by atomic mass is 31.2. The molecule has 0 radical (unpaired) electrons. The fraction of sp³-hybridized carbons (Fsp3) is 0.690. The maximum absolute atomic E-state index is 12.8. The Morgan fingerprint density at radius 1 is 0.731 bits per heavy atom. The summed E-state index contributed by atoms with van der Waals surface area (Å²) < 4.78 is 23.0. The highest BCUT2D eigenvalue weighted by Gasteiger charge is 2.23. The van der Waals surface area contributed by atoms with Crippen molar-refractivity contribution in [3.63, 3.8) is 0 Å². The van der Waals surface area contributed by atoms with Crippen molar-refractivity contribution >= 4 is 13.7 Å². The molecule has 1 amide bonds. The van der Waals surface area contributed by atoms with Crippen LogP contribution in [0.5, 0.6) is 0 Å². The predicted octanol–water partition coefficient (Wildman–Crippen LogP) is 8.80. The summed E-state index contributed by atoms with van der Waals surface area (Å²) in [4.78, 5) is 25.2. The average molecular weight is 751 g/mol. The third-order valence-electron chi connectivity index (χ3n) is 8.24. The summed E-state index contributed by atoms with van der Waals surface area (Å²) in [7, 11) is 1.11. The van der Waals surface area contributed by atoms with Gasteiger partial charge in [-0.3, -0.25) is 9.36 Å². The van der Waals surface area contributed by atoms with E-state index < -0.39 is 32.7 Å². The maximum atomic E-state index is 12.8. The van der Waals surface area contributed by atoms with Gasteiger partial charge in [-0.2, -0.15) is 0 Å². The van der Waals surface area contributed by atoms with Crippen LogP contribution in [-0.2, 0) is 18.4 Å². The van der Waals surface area contributed by atoms with E-state index in [9.17, 15) is 24.5 Å². The van der Waals surface area contributed by atoms with Crippen molar-refractivity contribution in [2.45, 2.75) is 148 Å². The monoisotopic (exact) mass is 751 g/mol. The smallest absolute Gasteiger partial charge is 0.268 e. The van der Waals surface area contributed by atoms with E-state index in [2.05, 4.69) is 55.6 Å². The second-order valence-electron chi connectivity index (χ2n) is 14.5. The molecule has 0 aliphatic heterocycles. The van der Waals surface area contributed by atoms with Gasteiger partial charge in [0.2, 0.25) is 5.91 Å². The topological polar surface area (TPSA) is 128 Å². The van der Waals surface area contributed by atoms with E-state index in [-0.39, 0.29) is 18.9 Å². The molecule has 1 unspecified atom stereocenters. The van der Waals surface area contributed by atoms with Gasteiger partial charge in [-0.1, -0.05) is 132 Å². The fourth-order valence-electron chi connectivity index (χ4n) is 4.97. The van der Waals surface area contributed by atoms with Gasteiger partial charge in [0.05, 0.1) is 46.0 Å². The number of rotatable bonds is 34. The molecule has 0 fully saturated rings. The number of hydrogen-bond donors (Lipinski definition) is 3. The van der Waals surface area contributed by atoms with Crippen LogP contribution < -0.4 is 10.2 Å². The van der Waals surface area contributed by atoms with Crippen LogP contribution in [0.2, 0.25) is 0 Å². The summed E-state index contributed by atoms with van der Waals surface area (Å²) in [5.74, 6) is -0.371. The summed E-state index contributed by atoms with van der Waals surface area (Å²) in [6.07, 6.45) is 39.8. The van der Waals surface area contributed by atoms with Gasteiger partial charge < -0.3 is 34.0 Å². The van der Waals surface area contributed by atoms with Crippen molar-refractivity contribution in [3.8, 4) is 0 Å². The molecule has 0 aliphatic rings. The molecule has 0 aromatic heterocycles. The number of hydrogen-bond acceptors (Lipinski definition) is 7. The van der Waals surface area contributed by atoms with Crippen LogP contribution in [0.3, 0.4) is 0 Å². The predicted molar refractivity (Wildman–Crippen MR) is 216 cm³/mol. The minimum Gasteiger partial charge on any atom is -0.756 e. The van der Waals surface area contributed by atoms with Crippen LogP contribution in [0, 0.1) is 0 Å². The molecule has 52 heavy (non-hydrogen) atoms. The second kappa shape index (κ2) is 33.5. The van der Waals surface area contributed by atoms with E-state index in [1.165, 1.54) is 57.8 Å². The number of phosphoric acid groups is 1. The molecule has 0 rings (SSSR count). The van der Waals surface area contributed by atoms with E-state index in [0.717, 1.165) is 32.1 Å². The Hall–Kier alpha value is -2.10. The lowest BCUT2D eigenvalue weighted by Gasteiger charge is -2.29. The van der Waals surface area contributed by atoms with Gasteiger partial charge in [-0.25, -0.2) is 0 Å². The maximum Gasteiger partial charge on any atom is 0.268 e. The zero-order valence-electron chi connectivity index (χ0n) is 33.3. The van der Waals surface area contributed by atoms with Crippen LogP contribution in [0.15, 0.2) is 72.9 Å². The number of aliphatic hydroxyl groups excluding tert-OH is 2. The number of amides is 1. The first-order chi connectivity index (χ1) is 24.9. The molecule has 10 heteroatoms. The first-order valence-corrected chi connectivity index (χ1v) is 21.4. The van der Waals surface area contributed by atoms with E-state index >= 15 is 0 Å². The SMILES string of the molecule is CCCCC/C=C\C/C=C\C/C=C\C=C\[C@H](O)CCCC(=O)N[C@@H](COP(=O)([O-])OCC[N+](C)(C)C)[C@H](O)/C=C/CC/C=C\CCCCCCCC. The average Bonchev–Trinajstić information content (AvgIpc) is 3.08. The number of unbranched alkanes of at least 4 members (excludes halogenated alkanes) is 10. The molecule has 4 atom stereocenters. The van der Waals surface area contributed by atoms with Gasteiger partial charge >= 0.3 is 0 Å². The Bertz CT molecular complexity index is 1090. The van der Waals surface area contributed by atoms with Crippen LogP contribution in [0.4, 0.5) is 0 Å². The van der Waals surface area contributed by atoms with Gasteiger partial charge in [0.15, 0.2) is 0 Å². The molecule has 0 aromatic rings. The molecule has 0 aromatic carbocycles. The van der Waals surface area contributed by atoms with E-state index in [0.29, 0.717) is 30.3 Å². The van der Waals surface area contributed by atoms with Gasteiger partial charge in [-0.15, -0.1) is 0 Å². The van der Waals surface area contributed by atoms with Gasteiger partial charge in [0.25, 0.3) is 7.82 Å². The molecule has 0 saturated carbocycles. The first kappa shape index (κ1) is 49.9. The Morgan fingerprint density at radius 3 is 2.02 bits per heavy atom. The summed E-state index contributed by atoms with van der Waals surface area (Å²) in [6.45, 7) is 4.38. The van der Waals surface area contributed by atoms with Gasteiger partial charge in [-0.05, 0) is 64.2 Å². The highest BCUT2D eigenvalue weighted by molar-refractivity contribution is 7.45. The summed E-state index contributed by atoms with van der Waals surface area (Å²) in [5, 5.41) is 23.9. The van der Waals surface area contributed by atoms with E-state index in [4.69, 9.17) is 9.05 Å². The lowest BCUT2D eigenvalue weighted by molar-refractivity contribution is -0.870. The minimum atomic E-state index is -4.65. The molecule has 3 N–H and O–H groups in total. The van der Waals surface area contributed by atoms with Crippen molar-refractivity contribution < 1.29 is 38.0 Å². The largest absolute Gasteiger partial charge is 0.756 e. The van der Waals surface area contributed by atoms with Crippen molar-refractivity contribution in [2.75, 3.05) is 40.9 Å². The number of carbonyl (C=O) groups is 1. The first-order valence-electron chi connectivity index (χ1n) is 19.9. The summed E-state index contributed by atoms with van der Waals surface area (Å²) in [5.41, 5.74) is 0. The lowest BCUT2D eigenvalue weighted by atomic mass is 10.1. The standard InChI is InChI=1S/C42H75N2O7P/c1-6-8-10-12-14-16-18-20-21-23-25-27-29-32-39(45)33-31-35-42(47)43-40(38-51-52(48,49)50-37-36-44(3,4)5)41(46)34-30-28-26-24-22-19-17-15-13-11-9-7-2/h14,16,20-22,24-25,27,29-30,32,34,39-41,45-46H,6-13,15,17-19,23,26,28,31,33,35-38H2,1-5H3,(H-,43,47,48,49)/b16-14-,21-20-,24-22-,27-25-,32-29+,34-30+/t39-,40-,41+/m0/s1. The number of phosphoric ester groups is 1. The van der Waals surface area contributed by atoms with E-state index in [1.807, 2.05) is 39.4 Å². The summed E-state index contributed by atoms with van der Waals surface area (Å²) in [6, 6.07) is -0.998. The van der Waals surface area contributed by atoms with Crippen LogP contribution in [-0.4, -0.2) is 79.8 Å². The Morgan fingerprint density at radius 2 is 1.31 bits per heavy atom. The number of quaternary nitrogens is 1. The molecule has 300 valence electrons. The Labute approximate surface area is 317 Å². The molecule has 0 heterocycles. The van der Waals surface area contributed by atoms with Crippen LogP contribution in [0.1, 0.15) is 129 Å². The molecular weight excluding hydrogens is 675 g/mol. The van der Waals surface area contributed by atoms with Gasteiger partial charge in [0.1, 0.15) is 13.2 Å². The third kappa shape index (κ3) is 35.0.